The van der Waals surface area contributed by atoms with Crippen molar-refractivity contribution in [2.24, 2.45) is 0 Å². The normalized spacial score (nSPS) is 17.4. The number of tetrazole rings is 1. The lowest BCUT2D eigenvalue weighted by Crippen LogP contribution is -2.48. The van der Waals surface area contributed by atoms with E-state index >= 15 is 0 Å². The summed E-state index contributed by atoms with van der Waals surface area (Å²) in [6.07, 6.45) is 1.52. The molecule has 1 aliphatic rings. The summed E-state index contributed by atoms with van der Waals surface area (Å²) in [6.45, 7) is 4.31. The van der Waals surface area contributed by atoms with Gasteiger partial charge in [0.25, 0.3) is 0 Å². The summed E-state index contributed by atoms with van der Waals surface area (Å²) >= 11 is 0. The number of rotatable bonds is 5. The molecule has 2 heterocycles. The molecule has 0 saturated carbocycles. The Kier molecular flexibility index (Phi) is 4.58. The quantitative estimate of drug-likeness (QED) is 0.887. The van der Waals surface area contributed by atoms with Gasteiger partial charge >= 0.3 is 0 Å². The third-order valence-corrected chi connectivity index (χ3v) is 4.61. The van der Waals surface area contributed by atoms with E-state index in [1.54, 1.807) is 7.11 Å². The standard InChI is InChI=1S/C16H23N5O2/c1-13-4-3-5-14(10-13)11-21-15(17-18-19-21)20-8-6-16(12-22,23-2)7-9-20/h3-5,10,22H,6-9,11-12H2,1-2H3. The highest BCUT2D eigenvalue weighted by Crippen LogP contribution is 2.27. The highest BCUT2D eigenvalue weighted by Gasteiger charge is 2.35. The van der Waals surface area contributed by atoms with Gasteiger partial charge in [0.15, 0.2) is 0 Å². The van der Waals surface area contributed by atoms with Gasteiger partial charge in [-0.25, -0.2) is 4.68 Å². The van der Waals surface area contributed by atoms with Gasteiger partial charge in [-0.05, 0) is 35.8 Å². The first-order valence-corrected chi connectivity index (χ1v) is 7.88. The molecule has 0 bridgehead atoms. The lowest BCUT2D eigenvalue weighted by molar-refractivity contribution is -0.0674. The number of aliphatic hydroxyl groups excluding tert-OH is 1. The molecule has 1 aromatic carbocycles. The molecular formula is C16H23N5O2. The van der Waals surface area contributed by atoms with Crippen molar-refractivity contribution in [3.8, 4) is 0 Å². The van der Waals surface area contributed by atoms with Crippen LogP contribution in [0.3, 0.4) is 0 Å². The average Bonchev–Trinajstić information content (AvgIpc) is 3.03. The molecule has 23 heavy (non-hydrogen) atoms. The summed E-state index contributed by atoms with van der Waals surface area (Å²) in [5.41, 5.74) is 1.98. The molecule has 0 spiro atoms. The minimum atomic E-state index is -0.425. The van der Waals surface area contributed by atoms with E-state index in [-0.39, 0.29) is 6.61 Å². The number of benzene rings is 1. The van der Waals surface area contributed by atoms with E-state index in [9.17, 15) is 5.11 Å². The second kappa shape index (κ2) is 6.64. The monoisotopic (exact) mass is 317 g/mol. The Morgan fingerprint density at radius 2 is 2.09 bits per heavy atom. The van der Waals surface area contributed by atoms with E-state index < -0.39 is 5.60 Å². The number of piperidine rings is 1. The van der Waals surface area contributed by atoms with Crippen LogP contribution in [0.5, 0.6) is 0 Å². The Bertz CT molecular complexity index is 643. The van der Waals surface area contributed by atoms with Crippen molar-refractivity contribution < 1.29 is 9.84 Å². The summed E-state index contributed by atoms with van der Waals surface area (Å²) in [6, 6.07) is 8.34. The largest absolute Gasteiger partial charge is 0.393 e. The summed E-state index contributed by atoms with van der Waals surface area (Å²) in [5.74, 6) is 0.772. The molecule has 0 atom stereocenters. The first-order valence-electron chi connectivity index (χ1n) is 7.88. The number of ether oxygens (including phenoxy) is 1. The van der Waals surface area contributed by atoms with Gasteiger partial charge in [-0.3, -0.25) is 0 Å². The number of hydrogen-bond donors (Lipinski definition) is 1. The molecule has 1 saturated heterocycles. The van der Waals surface area contributed by atoms with Crippen LogP contribution >= 0.6 is 0 Å². The average molecular weight is 317 g/mol. The van der Waals surface area contributed by atoms with E-state index in [0.717, 1.165) is 31.9 Å². The molecular weight excluding hydrogens is 294 g/mol. The number of nitrogens with zero attached hydrogens (tertiary/aromatic N) is 5. The maximum Gasteiger partial charge on any atom is 0.245 e. The minimum absolute atomic E-state index is 0.0472. The van der Waals surface area contributed by atoms with Crippen LogP contribution in [0.2, 0.25) is 0 Å². The zero-order valence-electron chi connectivity index (χ0n) is 13.6. The Morgan fingerprint density at radius 3 is 2.74 bits per heavy atom. The van der Waals surface area contributed by atoms with E-state index in [1.165, 1.54) is 11.1 Å². The molecule has 0 aliphatic carbocycles. The first-order chi connectivity index (χ1) is 11.2. The number of aliphatic hydroxyl groups is 1. The highest BCUT2D eigenvalue weighted by atomic mass is 16.5. The van der Waals surface area contributed by atoms with Crippen molar-refractivity contribution in [2.45, 2.75) is 31.9 Å². The Balaban J connectivity index is 1.72. The highest BCUT2D eigenvalue weighted by molar-refractivity contribution is 5.31. The smallest absolute Gasteiger partial charge is 0.245 e. The number of aryl methyl sites for hydroxylation is 1. The van der Waals surface area contributed by atoms with E-state index in [0.29, 0.717) is 6.54 Å². The second-order valence-electron chi connectivity index (χ2n) is 6.16. The fraction of sp³-hybridized carbons (Fsp3) is 0.562. The molecule has 1 N–H and O–H groups in total. The first kappa shape index (κ1) is 15.9. The Labute approximate surface area is 135 Å². The fourth-order valence-electron chi connectivity index (χ4n) is 3.05. The lowest BCUT2D eigenvalue weighted by atomic mass is 9.92. The van der Waals surface area contributed by atoms with Crippen LogP contribution in [-0.4, -0.2) is 57.7 Å². The molecule has 1 aliphatic heterocycles. The van der Waals surface area contributed by atoms with Crippen LogP contribution in [0.1, 0.15) is 24.0 Å². The van der Waals surface area contributed by atoms with Crippen molar-refractivity contribution in [3.05, 3.63) is 35.4 Å². The number of aromatic nitrogens is 4. The maximum atomic E-state index is 9.54. The summed E-state index contributed by atoms with van der Waals surface area (Å²) in [5, 5.41) is 21.7. The minimum Gasteiger partial charge on any atom is -0.393 e. The van der Waals surface area contributed by atoms with Gasteiger partial charge in [-0.15, -0.1) is 0 Å². The maximum absolute atomic E-state index is 9.54. The van der Waals surface area contributed by atoms with Crippen LogP contribution in [0.15, 0.2) is 24.3 Å². The van der Waals surface area contributed by atoms with E-state index in [2.05, 4.69) is 45.5 Å². The van der Waals surface area contributed by atoms with Crippen LogP contribution in [0.4, 0.5) is 5.95 Å². The van der Waals surface area contributed by atoms with Crippen LogP contribution in [0.25, 0.3) is 0 Å². The fourth-order valence-corrected chi connectivity index (χ4v) is 3.05. The van der Waals surface area contributed by atoms with Gasteiger partial charge in [-0.1, -0.05) is 34.9 Å². The van der Waals surface area contributed by atoms with Crippen LogP contribution in [-0.2, 0) is 11.3 Å². The predicted octanol–water partition coefficient (Wildman–Crippen LogP) is 1.01. The molecule has 0 unspecified atom stereocenters. The third-order valence-electron chi connectivity index (χ3n) is 4.61. The zero-order chi connectivity index (χ0) is 16.3. The molecule has 0 radical (unpaired) electrons. The van der Waals surface area contributed by atoms with Gasteiger partial charge in [0.1, 0.15) is 0 Å². The summed E-state index contributed by atoms with van der Waals surface area (Å²) < 4.78 is 7.32. The van der Waals surface area contributed by atoms with Crippen molar-refractivity contribution in [3.63, 3.8) is 0 Å². The topological polar surface area (TPSA) is 76.3 Å². The molecule has 1 aromatic heterocycles. The molecule has 124 valence electrons. The molecule has 1 fully saturated rings. The number of methoxy groups -OCH3 is 1. The molecule has 0 amide bonds. The van der Waals surface area contributed by atoms with Gasteiger partial charge in [-0.2, -0.15) is 0 Å². The van der Waals surface area contributed by atoms with Gasteiger partial charge in [0.05, 0.1) is 18.8 Å². The molecule has 7 nitrogen and oxygen atoms in total. The van der Waals surface area contributed by atoms with Crippen LogP contribution in [0, 0.1) is 6.92 Å². The summed E-state index contributed by atoms with van der Waals surface area (Å²) in [4.78, 5) is 2.16. The third kappa shape index (κ3) is 3.35. The Hall–Kier alpha value is -1.99. The van der Waals surface area contributed by atoms with Gasteiger partial charge < -0.3 is 14.7 Å². The number of anilines is 1. The second-order valence-corrected chi connectivity index (χ2v) is 6.16. The van der Waals surface area contributed by atoms with E-state index in [1.807, 2.05) is 10.7 Å². The lowest BCUT2D eigenvalue weighted by Gasteiger charge is -2.39. The SMILES string of the molecule is COC1(CO)CCN(c2nnnn2Cc2cccc(C)c2)CC1. The summed E-state index contributed by atoms with van der Waals surface area (Å²) in [7, 11) is 1.66. The molecule has 7 heteroatoms. The predicted molar refractivity (Wildman–Crippen MR) is 86.4 cm³/mol. The molecule has 3 rings (SSSR count). The van der Waals surface area contributed by atoms with Crippen molar-refractivity contribution in [2.75, 3.05) is 31.7 Å². The van der Waals surface area contributed by atoms with Crippen molar-refractivity contribution in [1.29, 1.82) is 0 Å². The van der Waals surface area contributed by atoms with Crippen molar-refractivity contribution in [1.82, 2.24) is 20.2 Å². The van der Waals surface area contributed by atoms with Gasteiger partial charge in [0.2, 0.25) is 5.95 Å². The zero-order valence-corrected chi connectivity index (χ0v) is 13.6. The van der Waals surface area contributed by atoms with Crippen molar-refractivity contribution >= 4 is 5.95 Å². The van der Waals surface area contributed by atoms with E-state index in [4.69, 9.17) is 4.74 Å². The van der Waals surface area contributed by atoms with Crippen LogP contribution < -0.4 is 4.90 Å². The molecule has 2 aromatic rings. The Morgan fingerprint density at radius 1 is 1.30 bits per heavy atom. The van der Waals surface area contributed by atoms with Gasteiger partial charge in [0, 0.05) is 20.2 Å². The number of hydrogen-bond acceptors (Lipinski definition) is 6.